The van der Waals surface area contributed by atoms with Crippen molar-refractivity contribution in [3.63, 3.8) is 0 Å². The van der Waals surface area contributed by atoms with Crippen LogP contribution in [0.1, 0.15) is 17.3 Å². The molecule has 2 nitrogen and oxygen atoms in total. The van der Waals surface area contributed by atoms with Crippen LogP contribution in [-0.2, 0) is 0 Å². The number of rotatable bonds is 2. The highest BCUT2D eigenvalue weighted by Gasteiger charge is 2.12. The van der Waals surface area contributed by atoms with Crippen LogP contribution in [0.25, 0.3) is 10.6 Å². The Balaban J connectivity index is 2.42. The monoisotopic (exact) mass is 242 g/mol. The molecule has 2 rings (SSSR count). The first kappa shape index (κ1) is 10.5. The van der Waals surface area contributed by atoms with E-state index in [1.165, 1.54) is 17.4 Å². The van der Waals surface area contributed by atoms with Gasteiger partial charge >= 0.3 is 0 Å². The lowest BCUT2D eigenvalue weighted by Crippen LogP contribution is -1.82. The minimum absolute atomic E-state index is 0.192. The van der Waals surface area contributed by atoms with Crippen molar-refractivity contribution in [3.8, 4) is 10.6 Å². The van der Waals surface area contributed by atoms with Crippen LogP contribution in [0.3, 0.4) is 0 Å². The summed E-state index contributed by atoms with van der Waals surface area (Å²) >= 11 is 7.17. The molecule has 1 aromatic heterocycles. The van der Waals surface area contributed by atoms with E-state index in [-0.39, 0.29) is 11.2 Å². The van der Waals surface area contributed by atoms with Crippen molar-refractivity contribution in [1.82, 2.24) is 10.2 Å². The van der Waals surface area contributed by atoms with Gasteiger partial charge in [-0.2, -0.15) is 0 Å². The van der Waals surface area contributed by atoms with Crippen LogP contribution in [0, 0.1) is 5.82 Å². The van der Waals surface area contributed by atoms with Gasteiger partial charge in [-0.25, -0.2) is 4.39 Å². The van der Waals surface area contributed by atoms with Gasteiger partial charge in [0, 0.05) is 5.56 Å². The first-order valence-electron chi connectivity index (χ1n) is 4.41. The van der Waals surface area contributed by atoms with E-state index in [1.807, 2.05) is 6.92 Å². The van der Waals surface area contributed by atoms with Crippen molar-refractivity contribution >= 4 is 22.9 Å². The molecule has 5 heteroatoms. The molecule has 0 saturated heterocycles. The zero-order chi connectivity index (χ0) is 10.8. The fraction of sp³-hybridized carbons (Fsp3) is 0.200. The topological polar surface area (TPSA) is 25.8 Å². The lowest BCUT2D eigenvalue weighted by Gasteiger charge is -1.96. The molecule has 1 atom stereocenters. The third-order valence-electron chi connectivity index (χ3n) is 1.89. The lowest BCUT2D eigenvalue weighted by atomic mass is 10.2. The van der Waals surface area contributed by atoms with Gasteiger partial charge in [-0.3, -0.25) is 0 Å². The molecule has 2 aromatic rings. The normalized spacial score (nSPS) is 12.7. The summed E-state index contributed by atoms with van der Waals surface area (Å²) in [5.41, 5.74) is 0.471. The second-order valence-corrected chi connectivity index (χ2v) is 4.71. The van der Waals surface area contributed by atoms with Crippen LogP contribution < -0.4 is 0 Å². The van der Waals surface area contributed by atoms with E-state index in [0.717, 1.165) is 0 Å². The molecule has 0 saturated carbocycles. The Hall–Kier alpha value is -1.00. The molecule has 0 spiro atoms. The van der Waals surface area contributed by atoms with E-state index in [2.05, 4.69) is 10.2 Å². The average Bonchev–Trinajstić information content (AvgIpc) is 2.67. The Bertz CT molecular complexity index is 470. The van der Waals surface area contributed by atoms with Gasteiger partial charge in [0.05, 0.1) is 5.38 Å². The predicted octanol–water partition coefficient (Wildman–Crippen LogP) is 3.64. The summed E-state index contributed by atoms with van der Waals surface area (Å²) in [4.78, 5) is 0. The highest BCUT2D eigenvalue weighted by Crippen LogP contribution is 2.30. The molecular formula is C10H8ClFN2S. The summed E-state index contributed by atoms with van der Waals surface area (Å²) in [7, 11) is 0. The van der Waals surface area contributed by atoms with Gasteiger partial charge in [0.1, 0.15) is 10.8 Å². The van der Waals surface area contributed by atoms with Gasteiger partial charge in [0.15, 0.2) is 5.01 Å². The van der Waals surface area contributed by atoms with Crippen molar-refractivity contribution in [2.24, 2.45) is 0 Å². The van der Waals surface area contributed by atoms with Crippen LogP contribution in [0.5, 0.6) is 0 Å². The van der Waals surface area contributed by atoms with E-state index in [1.54, 1.807) is 18.2 Å². The molecule has 78 valence electrons. The fourth-order valence-corrected chi connectivity index (χ4v) is 2.12. The zero-order valence-corrected chi connectivity index (χ0v) is 9.52. The first-order chi connectivity index (χ1) is 7.18. The first-order valence-corrected chi connectivity index (χ1v) is 5.66. The molecular weight excluding hydrogens is 235 g/mol. The summed E-state index contributed by atoms with van der Waals surface area (Å²) in [6.45, 7) is 1.81. The van der Waals surface area contributed by atoms with Gasteiger partial charge < -0.3 is 0 Å². The van der Waals surface area contributed by atoms with Crippen molar-refractivity contribution in [3.05, 3.63) is 35.1 Å². The van der Waals surface area contributed by atoms with Gasteiger partial charge in [-0.1, -0.05) is 23.5 Å². The molecule has 0 N–H and O–H groups in total. The summed E-state index contributed by atoms with van der Waals surface area (Å²) in [6, 6.07) is 6.49. The summed E-state index contributed by atoms with van der Waals surface area (Å²) in [5.74, 6) is -0.289. The number of halogens is 2. The smallest absolute Gasteiger partial charge is 0.150 e. The largest absolute Gasteiger partial charge is 0.206 e. The Labute approximate surface area is 95.7 Å². The van der Waals surface area contributed by atoms with E-state index in [4.69, 9.17) is 11.6 Å². The maximum absolute atomic E-state index is 13.4. The van der Waals surface area contributed by atoms with Crippen molar-refractivity contribution < 1.29 is 4.39 Å². The minimum atomic E-state index is -0.289. The Kier molecular flexibility index (Phi) is 2.98. The van der Waals surface area contributed by atoms with Crippen molar-refractivity contribution in [2.75, 3.05) is 0 Å². The standard InChI is InChI=1S/C10H8ClFN2S/c1-6(11)9-13-14-10(15-9)7-4-2-3-5-8(7)12/h2-6H,1H3. The molecule has 1 unspecified atom stereocenters. The SMILES string of the molecule is CC(Cl)c1nnc(-c2ccccc2F)s1. The number of hydrogen-bond acceptors (Lipinski definition) is 3. The highest BCUT2D eigenvalue weighted by atomic mass is 35.5. The van der Waals surface area contributed by atoms with E-state index >= 15 is 0 Å². The number of alkyl halides is 1. The summed E-state index contributed by atoms with van der Waals surface area (Å²) in [5, 5.41) is 8.89. The Morgan fingerprint density at radius 3 is 2.67 bits per heavy atom. The minimum Gasteiger partial charge on any atom is -0.206 e. The molecule has 0 aliphatic heterocycles. The van der Waals surface area contributed by atoms with Gasteiger partial charge in [0.25, 0.3) is 0 Å². The molecule has 15 heavy (non-hydrogen) atoms. The average molecular weight is 243 g/mol. The Morgan fingerprint density at radius 1 is 1.33 bits per heavy atom. The van der Waals surface area contributed by atoms with Crippen LogP contribution >= 0.6 is 22.9 Å². The van der Waals surface area contributed by atoms with Gasteiger partial charge in [-0.15, -0.1) is 21.8 Å². The maximum atomic E-state index is 13.4. The molecule has 1 heterocycles. The molecule has 0 aliphatic carbocycles. The summed E-state index contributed by atoms with van der Waals surface area (Å²) in [6.07, 6.45) is 0. The molecule has 0 aliphatic rings. The number of hydrogen-bond donors (Lipinski definition) is 0. The zero-order valence-electron chi connectivity index (χ0n) is 7.95. The molecule has 0 radical (unpaired) electrons. The van der Waals surface area contributed by atoms with E-state index < -0.39 is 0 Å². The second-order valence-electron chi connectivity index (χ2n) is 3.04. The number of nitrogens with zero attached hydrogens (tertiary/aromatic N) is 2. The quantitative estimate of drug-likeness (QED) is 0.752. The van der Waals surface area contributed by atoms with Crippen LogP contribution in [-0.4, -0.2) is 10.2 Å². The van der Waals surface area contributed by atoms with Crippen molar-refractivity contribution in [1.29, 1.82) is 0 Å². The van der Waals surface area contributed by atoms with Crippen LogP contribution in [0.15, 0.2) is 24.3 Å². The number of benzene rings is 1. The molecule has 0 bridgehead atoms. The predicted molar refractivity (Wildman–Crippen MR) is 59.6 cm³/mol. The van der Waals surface area contributed by atoms with Crippen molar-refractivity contribution in [2.45, 2.75) is 12.3 Å². The fourth-order valence-electron chi connectivity index (χ4n) is 1.14. The molecule has 0 amide bonds. The third kappa shape index (κ3) is 2.16. The second kappa shape index (κ2) is 4.24. The molecule has 1 aromatic carbocycles. The highest BCUT2D eigenvalue weighted by molar-refractivity contribution is 7.15. The molecule has 0 fully saturated rings. The third-order valence-corrected chi connectivity index (χ3v) is 3.36. The maximum Gasteiger partial charge on any atom is 0.150 e. The van der Waals surface area contributed by atoms with E-state index in [0.29, 0.717) is 15.6 Å². The van der Waals surface area contributed by atoms with Gasteiger partial charge in [0.2, 0.25) is 0 Å². The van der Waals surface area contributed by atoms with Crippen LogP contribution in [0.4, 0.5) is 4.39 Å². The summed E-state index contributed by atoms with van der Waals surface area (Å²) < 4.78 is 13.4. The van der Waals surface area contributed by atoms with E-state index in [9.17, 15) is 4.39 Å². The number of aromatic nitrogens is 2. The van der Waals surface area contributed by atoms with Crippen LogP contribution in [0.2, 0.25) is 0 Å². The van der Waals surface area contributed by atoms with Gasteiger partial charge in [-0.05, 0) is 19.1 Å². The lowest BCUT2D eigenvalue weighted by molar-refractivity contribution is 0.631. The Morgan fingerprint density at radius 2 is 2.07 bits per heavy atom.